The molecule has 0 radical (unpaired) electrons. The van der Waals surface area contributed by atoms with Crippen molar-refractivity contribution in [1.29, 1.82) is 0 Å². The van der Waals surface area contributed by atoms with Crippen LogP contribution in [0.4, 0.5) is 0 Å². The van der Waals surface area contributed by atoms with Gasteiger partial charge in [-0.25, -0.2) is 5.43 Å². The van der Waals surface area contributed by atoms with Crippen LogP contribution in [0, 0.1) is 27.7 Å². The van der Waals surface area contributed by atoms with Gasteiger partial charge in [0.05, 0.1) is 12.0 Å². The van der Waals surface area contributed by atoms with Crippen LogP contribution in [0.5, 0.6) is 0 Å². The third kappa shape index (κ3) is 5.82. The number of hydrogen-bond donors (Lipinski definition) is 1. The monoisotopic (exact) mass is 517 g/mol. The zero-order valence-corrected chi connectivity index (χ0v) is 21.2. The number of hydrazone groups is 1. The highest BCUT2D eigenvalue weighted by atomic mass is 79.9. The summed E-state index contributed by atoms with van der Waals surface area (Å²) < 4.78 is 3.16. The Kier molecular flexibility index (Phi) is 8.03. The molecule has 0 fully saturated rings. The SMILES string of the molecule is Cc1ccc(-n2c(C)c(Br)c(/C=N\NC(=O)CSCc3cccc(Cl)c3)c2C)cc1C. The number of nitrogens with one attached hydrogen (secondary N) is 1. The van der Waals surface area contributed by atoms with Gasteiger partial charge >= 0.3 is 0 Å². The van der Waals surface area contributed by atoms with Crippen molar-refractivity contribution >= 4 is 51.4 Å². The first-order valence-corrected chi connectivity index (χ1v) is 12.2. The minimum atomic E-state index is -0.137. The maximum absolute atomic E-state index is 12.1. The van der Waals surface area contributed by atoms with Crippen LogP contribution in [0.15, 0.2) is 52.0 Å². The molecule has 0 spiro atoms. The Balaban J connectivity index is 1.64. The number of thioether (sulfide) groups is 1. The van der Waals surface area contributed by atoms with Crippen LogP contribution in [0.1, 0.15) is 33.6 Å². The quantitative estimate of drug-likeness (QED) is 0.286. The predicted molar refractivity (Wildman–Crippen MR) is 136 cm³/mol. The maximum atomic E-state index is 12.1. The number of benzene rings is 2. The minimum absolute atomic E-state index is 0.137. The predicted octanol–water partition coefficient (Wildman–Crippen LogP) is 6.51. The molecule has 1 amide bonds. The van der Waals surface area contributed by atoms with Crippen molar-refractivity contribution in [2.45, 2.75) is 33.4 Å². The average Bonchev–Trinajstić information content (AvgIpc) is 2.93. The topological polar surface area (TPSA) is 46.4 Å². The van der Waals surface area contributed by atoms with Crippen molar-refractivity contribution in [2.75, 3.05) is 5.75 Å². The number of nitrogens with zero attached hydrogens (tertiary/aromatic N) is 2. The van der Waals surface area contributed by atoms with Crippen molar-refractivity contribution in [3.05, 3.63) is 85.6 Å². The molecule has 3 rings (SSSR count). The molecule has 0 bridgehead atoms. The highest BCUT2D eigenvalue weighted by Crippen LogP contribution is 2.30. The highest BCUT2D eigenvalue weighted by molar-refractivity contribution is 9.10. The van der Waals surface area contributed by atoms with E-state index in [4.69, 9.17) is 11.6 Å². The third-order valence-corrected chi connectivity index (χ3v) is 7.38. The summed E-state index contributed by atoms with van der Waals surface area (Å²) in [5, 5.41) is 4.89. The largest absolute Gasteiger partial charge is 0.317 e. The van der Waals surface area contributed by atoms with Gasteiger partial charge < -0.3 is 4.57 Å². The van der Waals surface area contributed by atoms with E-state index in [9.17, 15) is 4.79 Å². The number of amides is 1. The molecule has 0 aliphatic rings. The van der Waals surface area contributed by atoms with Gasteiger partial charge in [-0.3, -0.25) is 4.79 Å². The Morgan fingerprint density at radius 3 is 2.61 bits per heavy atom. The van der Waals surface area contributed by atoms with Crippen LogP contribution >= 0.6 is 39.3 Å². The number of carbonyl (C=O) groups is 1. The lowest BCUT2D eigenvalue weighted by Gasteiger charge is -2.11. The molecule has 1 heterocycles. The standard InChI is InChI=1S/C24H25BrClN3OS/c1-15-8-9-21(10-16(15)2)29-17(3)22(24(25)18(29)4)12-27-28-23(30)14-31-13-19-6-5-7-20(26)11-19/h5-12H,13-14H2,1-4H3,(H,28,30)/b27-12-. The molecule has 0 aliphatic heterocycles. The van der Waals surface area contributed by atoms with E-state index in [2.05, 4.69) is 76.9 Å². The zero-order valence-electron chi connectivity index (χ0n) is 18.0. The Bertz CT molecular complexity index is 1140. The molecule has 3 aromatic rings. The Morgan fingerprint density at radius 2 is 1.90 bits per heavy atom. The van der Waals surface area contributed by atoms with Crippen LogP contribution in [0.25, 0.3) is 5.69 Å². The first kappa shape index (κ1) is 23.6. The number of aromatic nitrogens is 1. The summed E-state index contributed by atoms with van der Waals surface area (Å²) in [4.78, 5) is 12.1. The number of rotatable bonds is 7. The average molecular weight is 519 g/mol. The van der Waals surface area contributed by atoms with E-state index >= 15 is 0 Å². The molecule has 1 aromatic heterocycles. The highest BCUT2D eigenvalue weighted by Gasteiger charge is 2.16. The molecule has 1 N–H and O–H groups in total. The van der Waals surface area contributed by atoms with E-state index in [0.717, 1.165) is 38.4 Å². The Morgan fingerprint density at radius 1 is 1.13 bits per heavy atom. The smallest absolute Gasteiger partial charge is 0.250 e. The summed E-state index contributed by atoms with van der Waals surface area (Å²) in [6.07, 6.45) is 1.70. The molecule has 0 saturated carbocycles. The van der Waals surface area contributed by atoms with E-state index in [1.54, 1.807) is 6.21 Å². The number of halogens is 2. The Labute approximate surface area is 201 Å². The summed E-state index contributed by atoms with van der Waals surface area (Å²) in [7, 11) is 0. The van der Waals surface area contributed by atoms with Gasteiger partial charge in [0.2, 0.25) is 5.91 Å². The molecule has 7 heteroatoms. The lowest BCUT2D eigenvalue weighted by molar-refractivity contribution is -0.118. The van der Waals surface area contributed by atoms with Crippen molar-refractivity contribution in [3.8, 4) is 5.69 Å². The summed E-state index contributed by atoms with van der Waals surface area (Å²) >= 11 is 11.2. The molecule has 0 aliphatic carbocycles. The molecule has 4 nitrogen and oxygen atoms in total. The normalized spacial score (nSPS) is 11.3. The number of aryl methyl sites for hydroxylation is 2. The van der Waals surface area contributed by atoms with Crippen molar-refractivity contribution in [2.24, 2.45) is 5.10 Å². The third-order valence-electron chi connectivity index (χ3n) is 5.14. The van der Waals surface area contributed by atoms with Gasteiger partial charge in [0, 0.05) is 37.9 Å². The van der Waals surface area contributed by atoms with Crippen LogP contribution in [0.2, 0.25) is 5.02 Å². The van der Waals surface area contributed by atoms with E-state index in [0.29, 0.717) is 10.8 Å². The van der Waals surface area contributed by atoms with Crippen LogP contribution in [-0.2, 0) is 10.5 Å². The first-order valence-electron chi connectivity index (χ1n) is 9.87. The van der Waals surface area contributed by atoms with Gasteiger partial charge in [-0.1, -0.05) is 29.8 Å². The molecule has 162 valence electrons. The fourth-order valence-electron chi connectivity index (χ4n) is 3.32. The second-order valence-corrected chi connectivity index (χ2v) is 9.63. The lowest BCUT2D eigenvalue weighted by atomic mass is 10.1. The van der Waals surface area contributed by atoms with Crippen molar-refractivity contribution < 1.29 is 4.79 Å². The van der Waals surface area contributed by atoms with Crippen LogP contribution < -0.4 is 5.43 Å². The van der Waals surface area contributed by atoms with E-state index in [1.165, 1.54) is 22.9 Å². The van der Waals surface area contributed by atoms with Gasteiger partial charge in [0.1, 0.15) is 0 Å². The maximum Gasteiger partial charge on any atom is 0.250 e. The number of carbonyl (C=O) groups excluding carboxylic acids is 1. The second kappa shape index (κ2) is 10.5. The molecule has 0 unspecified atom stereocenters. The van der Waals surface area contributed by atoms with Crippen molar-refractivity contribution in [3.63, 3.8) is 0 Å². The molecule has 0 atom stereocenters. The van der Waals surface area contributed by atoms with Crippen molar-refractivity contribution in [1.82, 2.24) is 9.99 Å². The van der Waals surface area contributed by atoms with Gasteiger partial charge in [-0.05, 0) is 84.6 Å². The summed E-state index contributed by atoms with van der Waals surface area (Å²) in [5.41, 5.74) is 10.4. The molecular weight excluding hydrogens is 494 g/mol. The molecule has 0 saturated heterocycles. The summed E-state index contributed by atoms with van der Waals surface area (Å²) in [6.45, 7) is 8.34. The van der Waals surface area contributed by atoms with Gasteiger partial charge in [0.25, 0.3) is 0 Å². The van der Waals surface area contributed by atoms with Gasteiger partial charge in [-0.15, -0.1) is 11.8 Å². The van der Waals surface area contributed by atoms with E-state index in [1.807, 2.05) is 24.3 Å². The van der Waals surface area contributed by atoms with Crippen LogP contribution in [-0.4, -0.2) is 22.4 Å². The molecule has 2 aromatic carbocycles. The fourth-order valence-corrected chi connectivity index (χ4v) is 4.86. The van der Waals surface area contributed by atoms with Gasteiger partial charge in [-0.2, -0.15) is 5.10 Å². The lowest BCUT2D eigenvalue weighted by Crippen LogP contribution is -2.19. The summed E-state index contributed by atoms with van der Waals surface area (Å²) in [6, 6.07) is 14.1. The Hall–Kier alpha value is -2.02. The number of hydrogen-bond acceptors (Lipinski definition) is 3. The first-order chi connectivity index (χ1) is 14.8. The second-order valence-electron chi connectivity index (χ2n) is 7.42. The fraction of sp³-hybridized carbons (Fsp3) is 0.250. The molecular formula is C24H25BrClN3OS. The van der Waals surface area contributed by atoms with Crippen LogP contribution in [0.3, 0.4) is 0 Å². The molecule has 31 heavy (non-hydrogen) atoms. The van der Waals surface area contributed by atoms with E-state index in [-0.39, 0.29) is 5.91 Å². The van der Waals surface area contributed by atoms with E-state index < -0.39 is 0 Å². The minimum Gasteiger partial charge on any atom is -0.317 e. The zero-order chi connectivity index (χ0) is 22.5. The summed E-state index contributed by atoms with van der Waals surface area (Å²) in [5.74, 6) is 0.912. The van der Waals surface area contributed by atoms with Gasteiger partial charge in [0.15, 0.2) is 0 Å².